The number of oxazole rings is 1. The summed E-state index contributed by atoms with van der Waals surface area (Å²) in [6.07, 6.45) is 0. The smallest absolute Gasteiger partial charge is 0.227 e. The molecule has 234 valence electrons. The van der Waals surface area contributed by atoms with Gasteiger partial charge in [0.05, 0.1) is 0 Å². The summed E-state index contributed by atoms with van der Waals surface area (Å²) in [6.45, 7) is 0. The second-order valence-corrected chi connectivity index (χ2v) is 12.8. The van der Waals surface area contributed by atoms with E-state index in [0.717, 1.165) is 39.1 Å². The Morgan fingerprint density at radius 1 is 0.380 bits per heavy atom. The van der Waals surface area contributed by atoms with Gasteiger partial charge < -0.3 is 9.32 Å². The Morgan fingerprint density at radius 2 is 0.920 bits per heavy atom. The molecule has 0 aliphatic carbocycles. The highest BCUT2D eigenvalue weighted by Gasteiger charge is 2.16. The summed E-state index contributed by atoms with van der Waals surface area (Å²) in [6, 6.07) is 64.5. The average Bonchev–Trinajstić information content (AvgIpc) is 3.64. The maximum atomic E-state index is 6.33. The second kappa shape index (κ2) is 11.5. The van der Waals surface area contributed by atoms with Crippen molar-refractivity contribution in [2.45, 2.75) is 0 Å². The molecule has 0 N–H and O–H groups in total. The van der Waals surface area contributed by atoms with E-state index in [1.807, 2.05) is 6.07 Å². The molecule has 0 spiro atoms. The van der Waals surface area contributed by atoms with Crippen molar-refractivity contribution in [2.24, 2.45) is 0 Å². The number of hydrogen-bond acceptors (Lipinski definition) is 3. The summed E-state index contributed by atoms with van der Waals surface area (Å²) >= 11 is 0. The molecule has 0 atom stereocenters. The van der Waals surface area contributed by atoms with Gasteiger partial charge in [-0.25, -0.2) is 4.98 Å². The Morgan fingerprint density at radius 3 is 1.66 bits per heavy atom. The molecule has 0 aliphatic heterocycles. The van der Waals surface area contributed by atoms with Gasteiger partial charge in [0.15, 0.2) is 5.58 Å². The van der Waals surface area contributed by atoms with E-state index in [2.05, 4.69) is 181 Å². The molecule has 1 aromatic heterocycles. The molecule has 0 saturated carbocycles. The Kier molecular flexibility index (Phi) is 6.49. The van der Waals surface area contributed by atoms with Gasteiger partial charge in [0, 0.05) is 28.0 Å². The van der Waals surface area contributed by atoms with Crippen LogP contribution in [0.2, 0.25) is 0 Å². The molecular weight excluding hydrogens is 609 g/mol. The summed E-state index contributed by atoms with van der Waals surface area (Å²) in [4.78, 5) is 7.30. The van der Waals surface area contributed by atoms with Crippen LogP contribution in [-0.2, 0) is 0 Å². The zero-order valence-electron chi connectivity index (χ0n) is 27.1. The van der Waals surface area contributed by atoms with Crippen LogP contribution in [-0.4, -0.2) is 4.98 Å². The molecule has 1 heterocycles. The fourth-order valence-corrected chi connectivity index (χ4v) is 7.46. The third kappa shape index (κ3) is 4.63. The first-order valence-corrected chi connectivity index (χ1v) is 17.0. The van der Waals surface area contributed by atoms with Crippen LogP contribution in [0.4, 0.5) is 17.1 Å². The first kappa shape index (κ1) is 28.3. The average molecular weight is 639 g/mol. The lowest BCUT2D eigenvalue weighted by Crippen LogP contribution is -2.09. The van der Waals surface area contributed by atoms with E-state index in [4.69, 9.17) is 9.40 Å². The van der Waals surface area contributed by atoms with E-state index in [1.54, 1.807) is 0 Å². The number of anilines is 3. The van der Waals surface area contributed by atoms with Gasteiger partial charge >= 0.3 is 0 Å². The minimum Gasteiger partial charge on any atom is -0.436 e. The number of hydrogen-bond donors (Lipinski definition) is 0. The van der Waals surface area contributed by atoms with Gasteiger partial charge in [-0.05, 0) is 116 Å². The molecule has 0 amide bonds. The predicted octanol–water partition coefficient (Wildman–Crippen LogP) is 13.2. The number of fused-ring (bicyclic) bond motifs is 8. The topological polar surface area (TPSA) is 29.3 Å². The van der Waals surface area contributed by atoms with Gasteiger partial charge in [0.25, 0.3) is 0 Å². The molecule has 0 radical (unpaired) electrons. The van der Waals surface area contributed by atoms with E-state index in [1.165, 1.54) is 48.8 Å². The lowest BCUT2D eigenvalue weighted by atomic mass is 9.93. The van der Waals surface area contributed by atoms with E-state index in [0.29, 0.717) is 5.89 Å². The highest BCUT2D eigenvalue weighted by Crippen LogP contribution is 2.40. The molecule has 50 heavy (non-hydrogen) atoms. The third-order valence-corrected chi connectivity index (χ3v) is 9.87. The van der Waals surface area contributed by atoms with Gasteiger partial charge in [0.2, 0.25) is 5.89 Å². The van der Waals surface area contributed by atoms with Crippen molar-refractivity contribution in [3.05, 3.63) is 182 Å². The molecule has 0 saturated heterocycles. The Bertz CT molecular complexity index is 2850. The van der Waals surface area contributed by atoms with E-state index < -0.39 is 0 Å². The van der Waals surface area contributed by atoms with Gasteiger partial charge in [0.1, 0.15) is 5.52 Å². The van der Waals surface area contributed by atoms with Gasteiger partial charge in [-0.2, -0.15) is 0 Å². The molecule has 0 fully saturated rings. The summed E-state index contributed by atoms with van der Waals surface area (Å²) < 4.78 is 6.33. The molecule has 0 unspecified atom stereocenters. The molecule has 10 aromatic rings. The summed E-state index contributed by atoms with van der Waals surface area (Å²) in [5, 5.41) is 9.79. The van der Waals surface area contributed by atoms with E-state index in [-0.39, 0.29) is 0 Å². The number of rotatable bonds is 5. The normalized spacial score (nSPS) is 11.6. The predicted molar refractivity (Wildman–Crippen MR) is 210 cm³/mol. The van der Waals surface area contributed by atoms with Crippen LogP contribution in [0, 0.1) is 0 Å². The minimum absolute atomic E-state index is 0.616. The lowest BCUT2D eigenvalue weighted by molar-refractivity contribution is 0.620. The zero-order valence-corrected chi connectivity index (χ0v) is 27.1. The van der Waals surface area contributed by atoms with Crippen molar-refractivity contribution < 1.29 is 4.42 Å². The molecule has 3 nitrogen and oxygen atoms in total. The van der Waals surface area contributed by atoms with Crippen LogP contribution in [0.25, 0.3) is 76.8 Å². The van der Waals surface area contributed by atoms with Crippen LogP contribution < -0.4 is 4.90 Å². The van der Waals surface area contributed by atoms with Gasteiger partial charge in [-0.1, -0.05) is 115 Å². The maximum absolute atomic E-state index is 6.33. The van der Waals surface area contributed by atoms with Crippen LogP contribution in [0.5, 0.6) is 0 Å². The molecular formula is C47H30N2O. The largest absolute Gasteiger partial charge is 0.436 e. The van der Waals surface area contributed by atoms with Crippen molar-refractivity contribution >= 4 is 71.3 Å². The number of para-hydroxylation sites is 1. The fourth-order valence-electron chi connectivity index (χ4n) is 7.46. The zero-order chi connectivity index (χ0) is 33.0. The molecule has 0 bridgehead atoms. The number of benzene rings is 9. The van der Waals surface area contributed by atoms with Crippen molar-refractivity contribution in [2.75, 3.05) is 4.90 Å². The SMILES string of the molecule is c1ccc(N(c2ccc(-c3nc4c(ccc5c6ccccc6ccc54)o3)cc2)c2ccc(-c3cc4ccccc4c4ccccc34)cc2)cc1. The van der Waals surface area contributed by atoms with Crippen LogP contribution in [0.15, 0.2) is 186 Å². The first-order chi connectivity index (χ1) is 24.8. The van der Waals surface area contributed by atoms with Crippen molar-refractivity contribution in [1.82, 2.24) is 4.98 Å². The van der Waals surface area contributed by atoms with Crippen molar-refractivity contribution in [3.8, 4) is 22.6 Å². The van der Waals surface area contributed by atoms with Crippen molar-refractivity contribution in [1.29, 1.82) is 0 Å². The van der Waals surface area contributed by atoms with Crippen molar-refractivity contribution in [3.63, 3.8) is 0 Å². The maximum Gasteiger partial charge on any atom is 0.227 e. The van der Waals surface area contributed by atoms with E-state index in [9.17, 15) is 0 Å². The third-order valence-electron chi connectivity index (χ3n) is 9.87. The first-order valence-electron chi connectivity index (χ1n) is 17.0. The summed E-state index contributed by atoms with van der Waals surface area (Å²) in [5.41, 5.74) is 8.26. The summed E-state index contributed by atoms with van der Waals surface area (Å²) in [5.74, 6) is 0.616. The standard InChI is InChI=1S/C47H30N2O/c1-2-12-35(13-3-1)49(36-23-18-32(19-24-36)44-30-34-11-5-7-15-39(34)40-16-8-9-17-41(40)44)37-25-20-33(21-26-37)47-48-46-43-27-22-31-10-4-6-14-38(31)42(43)28-29-45(46)50-47/h1-30H. The monoisotopic (exact) mass is 638 g/mol. The number of aromatic nitrogens is 1. The van der Waals surface area contributed by atoms with Crippen LogP contribution >= 0.6 is 0 Å². The minimum atomic E-state index is 0.616. The van der Waals surface area contributed by atoms with E-state index >= 15 is 0 Å². The molecule has 0 aliphatic rings. The number of nitrogens with zero attached hydrogens (tertiary/aromatic N) is 2. The molecule has 10 rings (SSSR count). The highest BCUT2D eigenvalue weighted by molar-refractivity contribution is 6.16. The lowest BCUT2D eigenvalue weighted by Gasteiger charge is -2.26. The fraction of sp³-hybridized carbons (Fsp3) is 0. The quantitative estimate of drug-likeness (QED) is 0.176. The Labute approximate surface area is 289 Å². The van der Waals surface area contributed by atoms with Crippen LogP contribution in [0.3, 0.4) is 0 Å². The molecule has 9 aromatic carbocycles. The van der Waals surface area contributed by atoms with Gasteiger partial charge in [-0.3, -0.25) is 0 Å². The van der Waals surface area contributed by atoms with Gasteiger partial charge in [-0.15, -0.1) is 0 Å². The van der Waals surface area contributed by atoms with Crippen LogP contribution in [0.1, 0.15) is 0 Å². The molecule has 3 heteroatoms. The highest BCUT2D eigenvalue weighted by atomic mass is 16.3. The second-order valence-electron chi connectivity index (χ2n) is 12.8. The Balaban J connectivity index is 1.03. The summed E-state index contributed by atoms with van der Waals surface area (Å²) in [7, 11) is 0. The Hall–Kier alpha value is -6.71.